The maximum absolute atomic E-state index is 12.0. The smallest absolute Gasteiger partial charge is 0.303 e. The van der Waals surface area contributed by atoms with Crippen LogP contribution in [-0.4, -0.2) is 105 Å². The molecule has 37 heavy (non-hydrogen) atoms. The van der Waals surface area contributed by atoms with E-state index in [0.29, 0.717) is 72.4 Å². The summed E-state index contributed by atoms with van der Waals surface area (Å²) in [5, 5.41) is 11.1. The first-order valence-corrected chi connectivity index (χ1v) is 13.6. The van der Waals surface area contributed by atoms with Crippen molar-refractivity contribution < 1.29 is 51.0 Å². The Hall–Kier alpha value is -2.13. The summed E-state index contributed by atoms with van der Waals surface area (Å²) in [4.78, 5) is 21.8. The lowest BCUT2D eigenvalue weighted by molar-refractivity contribution is -0.138. The van der Waals surface area contributed by atoms with E-state index in [2.05, 4.69) is 5.32 Å². The maximum Gasteiger partial charge on any atom is 0.303 e. The summed E-state index contributed by atoms with van der Waals surface area (Å²) in [6.45, 7) is 6.05. The molecule has 0 saturated carbocycles. The van der Waals surface area contributed by atoms with Crippen molar-refractivity contribution in [1.82, 2.24) is 5.32 Å². The highest BCUT2D eigenvalue weighted by molar-refractivity contribution is 7.86. The average Bonchev–Trinajstić information content (AvgIpc) is 2.86. The number of nitrogens with one attached hydrogen (secondary N) is 1. The van der Waals surface area contributed by atoms with Gasteiger partial charge >= 0.3 is 5.97 Å². The number of aliphatic carboxylic acids is 1. The van der Waals surface area contributed by atoms with Crippen LogP contribution in [-0.2, 0) is 47.6 Å². The molecular formula is C24H39NO11S. The molecule has 0 fully saturated rings. The maximum atomic E-state index is 12.0. The molecule has 1 aromatic rings. The van der Waals surface area contributed by atoms with Gasteiger partial charge in [-0.1, -0.05) is 17.7 Å². The van der Waals surface area contributed by atoms with Gasteiger partial charge in [-0.05, 0) is 25.5 Å². The van der Waals surface area contributed by atoms with Crippen LogP contribution in [0.2, 0.25) is 0 Å². The van der Waals surface area contributed by atoms with Crippen LogP contribution in [0.4, 0.5) is 0 Å². The predicted molar refractivity (Wildman–Crippen MR) is 133 cm³/mol. The fourth-order valence-electron chi connectivity index (χ4n) is 2.67. The quantitative estimate of drug-likeness (QED) is 0.141. The number of ether oxygens (including phenoxy) is 5. The van der Waals surface area contributed by atoms with Crippen LogP contribution in [0.15, 0.2) is 29.2 Å². The third-order valence-corrected chi connectivity index (χ3v) is 5.94. The molecule has 0 unspecified atom stereocenters. The minimum Gasteiger partial charge on any atom is -0.481 e. The predicted octanol–water partition coefficient (Wildman–Crippen LogP) is 1.15. The molecule has 0 spiro atoms. The van der Waals surface area contributed by atoms with Crippen LogP contribution in [0, 0.1) is 6.92 Å². The van der Waals surface area contributed by atoms with Crippen molar-refractivity contribution in [2.24, 2.45) is 0 Å². The van der Waals surface area contributed by atoms with Gasteiger partial charge in [0.1, 0.15) is 0 Å². The summed E-state index contributed by atoms with van der Waals surface area (Å²) < 4.78 is 55.8. The lowest BCUT2D eigenvalue weighted by atomic mass is 10.2. The molecule has 0 saturated heterocycles. The number of hydrogen-bond acceptors (Lipinski definition) is 10. The molecule has 0 aliphatic rings. The van der Waals surface area contributed by atoms with Crippen LogP contribution in [0.1, 0.15) is 24.8 Å². The second-order valence-corrected chi connectivity index (χ2v) is 9.36. The Labute approximate surface area is 218 Å². The molecule has 12 nitrogen and oxygen atoms in total. The molecular weight excluding hydrogens is 510 g/mol. The highest BCUT2D eigenvalue weighted by Gasteiger charge is 2.14. The first-order chi connectivity index (χ1) is 17.8. The van der Waals surface area contributed by atoms with Gasteiger partial charge in [0.05, 0.1) is 77.4 Å². The van der Waals surface area contributed by atoms with E-state index in [0.717, 1.165) is 5.56 Å². The molecule has 2 N–H and O–H groups in total. The Kier molecular flexibility index (Phi) is 18.6. The molecule has 0 aliphatic carbocycles. The Balaban J connectivity index is 1.79. The van der Waals surface area contributed by atoms with E-state index >= 15 is 0 Å². The molecule has 212 valence electrons. The van der Waals surface area contributed by atoms with E-state index in [1.54, 1.807) is 12.1 Å². The highest BCUT2D eigenvalue weighted by Crippen LogP contribution is 2.12. The van der Waals surface area contributed by atoms with Gasteiger partial charge in [0.25, 0.3) is 10.1 Å². The van der Waals surface area contributed by atoms with Crippen molar-refractivity contribution in [3.05, 3.63) is 29.8 Å². The van der Waals surface area contributed by atoms with Crippen LogP contribution >= 0.6 is 0 Å². The molecule has 1 amide bonds. The standard InChI is InChI=1S/C24H39NO11S/c1-21-3-5-22(6-4-21)37(29,30)36-20-19-35-18-17-34-16-15-33-14-13-32-12-11-31-10-2-9-25-23(26)7-8-24(27)28/h3-6H,2,7-20H2,1H3,(H,25,26)(H,27,28). The number of carbonyl (C=O) groups is 2. The lowest BCUT2D eigenvalue weighted by Gasteiger charge is -2.09. The van der Waals surface area contributed by atoms with Gasteiger partial charge in [0, 0.05) is 19.6 Å². The fourth-order valence-corrected chi connectivity index (χ4v) is 3.56. The van der Waals surface area contributed by atoms with Gasteiger partial charge < -0.3 is 34.1 Å². The minimum absolute atomic E-state index is 0.0198. The third-order valence-electron chi connectivity index (χ3n) is 4.62. The zero-order chi connectivity index (χ0) is 27.2. The van der Waals surface area contributed by atoms with Crippen molar-refractivity contribution in [1.29, 1.82) is 0 Å². The largest absolute Gasteiger partial charge is 0.481 e. The number of carboxylic acids is 1. The van der Waals surface area contributed by atoms with E-state index in [-0.39, 0.29) is 36.9 Å². The van der Waals surface area contributed by atoms with E-state index < -0.39 is 16.1 Å². The molecule has 0 radical (unpaired) electrons. The number of amides is 1. The van der Waals surface area contributed by atoms with E-state index in [1.165, 1.54) is 12.1 Å². The van der Waals surface area contributed by atoms with Crippen LogP contribution in [0.5, 0.6) is 0 Å². The molecule has 0 heterocycles. The van der Waals surface area contributed by atoms with Crippen molar-refractivity contribution >= 4 is 22.0 Å². The summed E-state index contributed by atoms with van der Waals surface area (Å²) in [7, 11) is -3.78. The van der Waals surface area contributed by atoms with Gasteiger partial charge in [-0.2, -0.15) is 8.42 Å². The first-order valence-electron chi connectivity index (χ1n) is 12.1. The second-order valence-electron chi connectivity index (χ2n) is 7.75. The average molecular weight is 550 g/mol. The van der Waals surface area contributed by atoms with Crippen molar-refractivity contribution in [2.45, 2.75) is 31.1 Å². The highest BCUT2D eigenvalue weighted by atomic mass is 32.2. The molecule has 0 aliphatic heterocycles. The van der Waals surface area contributed by atoms with Crippen molar-refractivity contribution in [2.75, 3.05) is 79.2 Å². The summed E-state index contributed by atoms with van der Waals surface area (Å²) >= 11 is 0. The molecule has 1 rings (SSSR count). The number of benzene rings is 1. The van der Waals surface area contributed by atoms with Gasteiger partial charge in [0.2, 0.25) is 5.91 Å². The minimum atomic E-state index is -3.78. The Morgan fingerprint density at radius 2 is 1.19 bits per heavy atom. The SMILES string of the molecule is Cc1ccc(S(=O)(=O)OCCOCCOCCOCCOCCOCCCNC(=O)CCC(=O)O)cc1. The first kappa shape index (κ1) is 32.9. The molecule has 1 aromatic carbocycles. The fraction of sp³-hybridized carbons (Fsp3) is 0.667. The number of carboxylic acid groups (broad SMARTS) is 1. The number of aryl methyl sites for hydroxylation is 1. The monoisotopic (exact) mass is 549 g/mol. The number of hydrogen-bond donors (Lipinski definition) is 2. The topological polar surface area (TPSA) is 156 Å². The zero-order valence-electron chi connectivity index (χ0n) is 21.4. The van der Waals surface area contributed by atoms with Gasteiger partial charge in [-0.3, -0.25) is 13.8 Å². The second kappa shape index (κ2) is 20.9. The summed E-state index contributed by atoms with van der Waals surface area (Å²) in [5.41, 5.74) is 0.967. The van der Waals surface area contributed by atoms with Crippen molar-refractivity contribution in [3.8, 4) is 0 Å². The normalized spacial score (nSPS) is 11.5. The molecule has 0 bridgehead atoms. The van der Waals surface area contributed by atoms with E-state index in [4.69, 9.17) is 33.0 Å². The van der Waals surface area contributed by atoms with E-state index in [9.17, 15) is 18.0 Å². The molecule has 13 heteroatoms. The Morgan fingerprint density at radius 1 is 0.730 bits per heavy atom. The number of carbonyl (C=O) groups excluding carboxylic acids is 1. The van der Waals surface area contributed by atoms with Crippen LogP contribution in [0.25, 0.3) is 0 Å². The Morgan fingerprint density at radius 3 is 1.68 bits per heavy atom. The van der Waals surface area contributed by atoms with E-state index in [1.807, 2.05) is 6.92 Å². The number of rotatable bonds is 24. The lowest BCUT2D eigenvalue weighted by Crippen LogP contribution is -2.25. The molecule has 0 atom stereocenters. The zero-order valence-corrected chi connectivity index (χ0v) is 22.2. The van der Waals surface area contributed by atoms with Crippen molar-refractivity contribution in [3.63, 3.8) is 0 Å². The van der Waals surface area contributed by atoms with Crippen LogP contribution < -0.4 is 5.32 Å². The van der Waals surface area contributed by atoms with Gasteiger partial charge in [-0.25, -0.2) is 0 Å². The third kappa shape index (κ3) is 18.7. The summed E-state index contributed by atoms with van der Waals surface area (Å²) in [5.74, 6) is -1.27. The van der Waals surface area contributed by atoms with Gasteiger partial charge in [-0.15, -0.1) is 0 Å². The Bertz CT molecular complexity index is 847. The van der Waals surface area contributed by atoms with Crippen LogP contribution in [0.3, 0.4) is 0 Å². The summed E-state index contributed by atoms with van der Waals surface area (Å²) in [6, 6.07) is 6.44. The molecule has 0 aromatic heterocycles. The van der Waals surface area contributed by atoms with Gasteiger partial charge in [0.15, 0.2) is 0 Å². The summed E-state index contributed by atoms with van der Waals surface area (Å²) in [6.07, 6.45) is 0.444.